The smallest absolute Gasteiger partial charge is 0.244 e. The molecule has 0 bridgehead atoms. The molecule has 2 aromatic heterocycles. The maximum absolute atomic E-state index is 13.3. The molecule has 2 aromatic rings. The van der Waals surface area contributed by atoms with Gasteiger partial charge in [-0.1, -0.05) is 6.92 Å². The van der Waals surface area contributed by atoms with E-state index in [1.165, 1.54) is 11.3 Å². The Morgan fingerprint density at radius 2 is 1.87 bits per heavy atom. The van der Waals surface area contributed by atoms with Gasteiger partial charge in [-0.2, -0.15) is 4.31 Å². The first-order valence-corrected chi connectivity index (χ1v) is 12.9. The Kier molecular flexibility index (Phi) is 6.77. The first kappa shape index (κ1) is 22.4. The zero-order valence-electron chi connectivity index (χ0n) is 18.0. The molecule has 0 atom stereocenters. The molecule has 170 valence electrons. The van der Waals surface area contributed by atoms with Crippen molar-refractivity contribution in [2.45, 2.75) is 25.3 Å². The molecule has 2 fully saturated rings. The second-order valence-electron chi connectivity index (χ2n) is 7.81. The zero-order valence-corrected chi connectivity index (χ0v) is 19.6. The van der Waals surface area contributed by atoms with Crippen LogP contribution in [0.4, 0.5) is 0 Å². The number of sulfonamides is 1. The number of likely N-dealkylation sites (N-methyl/N-ethyl adjacent to an activating group) is 1. The molecule has 1 amide bonds. The molecule has 0 spiro atoms. The summed E-state index contributed by atoms with van der Waals surface area (Å²) < 4.78 is 35.3. The Labute approximate surface area is 187 Å². The van der Waals surface area contributed by atoms with Crippen LogP contribution < -0.4 is 0 Å². The molecule has 4 rings (SSSR count). The van der Waals surface area contributed by atoms with E-state index in [2.05, 4.69) is 16.8 Å². The van der Waals surface area contributed by atoms with Crippen molar-refractivity contribution >= 4 is 27.3 Å². The molecule has 0 radical (unpaired) electrons. The number of morpholine rings is 1. The van der Waals surface area contributed by atoms with Crippen LogP contribution in [-0.4, -0.2) is 97.0 Å². The maximum Gasteiger partial charge on any atom is 0.244 e. The van der Waals surface area contributed by atoms with E-state index in [0.29, 0.717) is 50.1 Å². The van der Waals surface area contributed by atoms with Gasteiger partial charge < -0.3 is 19.1 Å². The number of piperazine rings is 1. The fraction of sp³-hybridized carbons (Fsp3) is 0.600. The molecule has 2 aliphatic heterocycles. The van der Waals surface area contributed by atoms with E-state index in [0.717, 1.165) is 25.3 Å². The predicted octanol–water partition coefficient (Wildman–Crippen LogP) is 1.11. The van der Waals surface area contributed by atoms with E-state index in [1.807, 2.05) is 12.3 Å². The molecule has 31 heavy (non-hydrogen) atoms. The van der Waals surface area contributed by atoms with Gasteiger partial charge in [-0.05, 0) is 19.5 Å². The minimum atomic E-state index is -3.64. The van der Waals surface area contributed by atoms with Crippen molar-refractivity contribution in [1.82, 2.24) is 23.7 Å². The predicted molar refractivity (Wildman–Crippen MR) is 119 cm³/mol. The quantitative estimate of drug-likeness (QED) is 0.632. The number of amides is 1. The monoisotopic (exact) mass is 467 g/mol. The Bertz CT molecular complexity index is 1020. The van der Waals surface area contributed by atoms with Crippen molar-refractivity contribution in [2.75, 3.05) is 59.0 Å². The third kappa shape index (κ3) is 4.85. The summed E-state index contributed by atoms with van der Waals surface area (Å²) in [4.78, 5) is 21.6. The first-order chi connectivity index (χ1) is 14.9. The first-order valence-electron chi connectivity index (χ1n) is 10.6. The van der Waals surface area contributed by atoms with Crippen LogP contribution in [-0.2, 0) is 26.1 Å². The number of hydrogen-bond donors (Lipinski definition) is 0. The number of nitrogens with zero attached hydrogens (tertiary/aromatic N) is 5. The molecule has 0 unspecified atom stereocenters. The Balaban J connectivity index is 1.62. The topological polar surface area (TPSA) is 88.0 Å². The third-order valence-electron chi connectivity index (χ3n) is 5.80. The van der Waals surface area contributed by atoms with E-state index >= 15 is 0 Å². The van der Waals surface area contributed by atoms with Crippen LogP contribution in [0.15, 0.2) is 22.5 Å². The summed E-state index contributed by atoms with van der Waals surface area (Å²) in [5, 5.41) is 2.64. The molecule has 2 saturated heterocycles. The molecule has 0 aliphatic carbocycles. The molecule has 2 aliphatic rings. The number of rotatable bonds is 6. The van der Waals surface area contributed by atoms with Crippen molar-refractivity contribution < 1.29 is 17.9 Å². The second-order valence-corrected chi connectivity index (χ2v) is 10.6. The highest BCUT2D eigenvalue weighted by molar-refractivity contribution is 7.89. The molecular formula is C20H29N5O4S2. The number of aryl methyl sites for hydroxylation is 1. The zero-order chi connectivity index (χ0) is 22.0. The van der Waals surface area contributed by atoms with Gasteiger partial charge in [-0.15, -0.1) is 11.3 Å². The lowest BCUT2D eigenvalue weighted by Crippen LogP contribution is -2.48. The van der Waals surface area contributed by atoms with Crippen molar-refractivity contribution in [3.63, 3.8) is 0 Å². The van der Waals surface area contributed by atoms with E-state index in [1.54, 1.807) is 26.0 Å². The molecule has 11 heteroatoms. The minimum absolute atomic E-state index is 0.0473. The van der Waals surface area contributed by atoms with Gasteiger partial charge in [0.1, 0.15) is 16.4 Å². The lowest BCUT2D eigenvalue weighted by atomic mass is 10.4. The number of hydrogen-bond acceptors (Lipinski definition) is 7. The summed E-state index contributed by atoms with van der Waals surface area (Å²) in [6, 6.07) is 1.66. The van der Waals surface area contributed by atoms with Gasteiger partial charge in [0.15, 0.2) is 0 Å². The van der Waals surface area contributed by atoms with Crippen LogP contribution in [0.2, 0.25) is 0 Å². The fourth-order valence-corrected chi connectivity index (χ4v) is 6.19. The van der Waals surface area contributed by atoms with Gasteiger partial charge in [-0.25, -0.2) is 13.4 Å². The summed E-state index contributed by atoms with van der Waals surface area (Å²) in [5.74, 6) is -0.0473. The highest BCUT2D eigenvalue weighted by Gasteiger charge is 2.30. The standard InChI is InChI=1S/C20H29N5O4S2/c1-3-22-4-6-25(7-5-22)31(27,28)17-12-18(20-21-16(2)15-30-20)24(13-17)14-19(26)23-8-10-29-11-9-23/h12-13,15H,3-11,14H2,1-2H3. The van der Waals surface area contributed by atoms with Gasteiger partial charge in [0.2, 0.25) is 15.9 Å². The normalized spacial score (nSPS) is 19.1. The van der Waals surface area contributed by atoms with Crippen LogP contribution in [0, 0.1) is 6.92 Å². The van der Waals surface area contributed by atoms with E-state index in [4.69, 9.17) is 4.74 Å². The molecule has 0 saturated carbocycles. The average molecular weight is 468 g/mol. The van der Waals surface area contributed by atoms with Gasteiger partial charge in [-0.3, -0.25) is 4.79 Å². The van der Waals surface area contributed by atoms with Crippen LogP contribution in [0.25, 0.3) is 10.7 Å². The second kappa shape index (κ2) is 9.37. The van der Waals surface area contributed by atoms with Gasteiger partial charge >= 0.3 is 0 Å². The van der Waals surface area contributed by atoms with Gasteiger partial charge in [0.25, 0.3) is 0 Å². The van der Waals surface area contributed by atoms with Crippen LogP contribution in [0.1, 0.15) is 12.6 Å². The number of ether oxygens (including phenoxy) is 1. The lowest BCUT2D eigenvalue weighted by molar-refractivity contribution is -0.135. The summed E-state index contributed by atoms with van der Waals surface area (Å²) in [7, 11) is -3.64. The summed E-state index contributed by atoms with van der Waals surface area (Å²) >= 11 is 1.45. The van der Waals surface area contributed by atoms with E-state index in [9.17, 15) is 13.2 Å². The van der Waals surface area contributed by atoms with Gasteiger partial charge in [0, 0.05) is 56.5 Å². The average Bonchev–Trinajstić information content (AvgIpc) is 3.41. The third-order valence-corrected chi connectivity index (χ3v) is 8.64. The molecule has 9 nitrogen and oxygen atoms in total. The van der Waals surface area contributed by atoms with Crippen molar-refractivity contribution in [2.24, 2.45) is 0 Å². The number of thiazole rings is 1. The molecule has 4 heterocycles. The Morgan fingerprint density at radius 3 is 2.48 bits per heavy atom. The summed E-state index contributed by atoms with van der Waals surface area (Å²) in [6.45, 7) is 9.54. The number of aromatic nitrogens is 2. The maximum atomic E-state index is 13.3. The SMILES string of the molecule is CCN1CCN(S(=O)(=O)c2cc(-c3nc(C)cs3)n(CC(=O)N3CCOCC3)c2)CC1. The Hall–Kier alpha value is -1.79. The van der Waals surface area contributed by atoms with E-state index in [-0.39, 0.29) is 17.3 Å². The molecular weight excluding hydrogens is 438 g/mol. The highest BCUT2D eigenvalue weighted by atomic mass is 32.2. The van der Waals surface area contributed by atoms with Crippen molar-refractivity contribution in [1.29, 1.82) is 0 Å². The summed E-state index contributed by atoms with van der Waals surface area (Å²) in [6.07, 6.45) is 1.59. The highest BCUT2D eigenvalue weighted by Crippen LogP contribution is 2.29. The minimum Gasteiger partial charge on any atom is -0.378 e. The van der Waals surface area contributed by atoms with Crippen molar-refractivity contribution in [3.05, 3.63) is 23.3 Å². The number of carbonyl (C=O) groups is 1. The van der Waals surface area contributed by atoms with Crippen LogP contribution in [0.3, 0.4) is 0 Å². The van der Waals surface area contributed by atoms with Crippen molar-refractivity contribution in [3.8, 4) is 10.7 Å². The molecule has 0 aromatic carbocycles. The largest absolute Gasteiger partial charge is 0.378 e. The molecule has 0 N–H and O–H groups in total. The van der Waals surface area contributed by atoms with E-state index < -0.39 is 10.0 Å². The number of carbonyl (C=O) groups excluding carboxylic acids is 1. The lowest BCUT2D eigenvalue weighted by Gasteiger charge is -2.32. The fourth-order valence-electron chi connectivity index (χ4n) is 3.90. The summed E-state index contributed by atoms with van der Waals surface area (Å²) in [5.41, 5.74) is 1.53. The van der Waals surface area contributed by atoms with Crippen LogP contribution in [0.5, 0.6) is 0 Å². The van der Waals surface area contributed by atoms with Crippen LogP contribution >= 0.6 is 11.3 Å². The van der Waals surface area contributed by atoms with Gasteiger partial charge in [0.05, 0.1) is 18.9 Å². The Morgan fingerprint density at radius 1 is 1.16 bits per heavy atom.